The quantitative estimate of drug-likeness (QED) is 0.930. The Morgan fingerprint density at radius 3 is 2.81 bits per heavy atom. The van der Waals surface area contributed by atoms with Crippen molar-refractivity contribution in [3.8, 4) is 0 Å². The standard InChI is InChI=1S/C14H16F2N4O/c1-19-10(6-17-18-19)7-20-8-11(21)5-14(20)9-2-3-12(15)13(16)4-9/h2-4,6,11,14,21H,5,7-8H2,1H3/t11-,14+/m1/s1. The van der Waals surface area contributed by atoms with Crippen LogP contribution in [0.2, 0.25) is 0 Å². The zero-order chi connectivity index (χ0) is 15.0. The molecule has 1 aromatic heterocycles. The Hall–Kier alpha value is -1.86. The van der Waals surface area contributed by atoms with Crippen LogP contribution in [0, 0.1) is 11.6 Å². The third-order valence-corrected chi connectivity index (χ3v) is 3.88. The number of aromatic nitrogens is 3. The molecule has 0 amide bonds. The number of nitrogens with zero attached hydrogens (tertiary/aromatic N) is 4. The molecule has 3 rings (SSSR count). The van der Waals surface area contributed by atoms with E-state index >= 15 is 0 Å². The van der Waals surface area contributed by atoms with Gasteiger partial charge in [0.2, 0.25) is 0 Å². The van der Waals surface area contributed by atoms with E-state index in [0.29, 0.717) is 25.1 Å². The zero-order valence-corrected chi connectivity index (χ0v) is 11.6. The van der Waals surface area contributed by atoms with Crippen molar-refractivity contribution in [3.63, 3.8) is 0 Å². The highest BCUT2D eigenvalue weighted by molar-refractivity contribution is 5.23. The summed E-state index contributed by atoms with van der Waals surface area (Å²) in [5.41, 5.74) is 1.57. The fraction of sp³-hybridized carbons (Fsp3) is 0.429. The van der Waals surface area contributed by atoms with Crippen molar-refractivity contribution in [2.24, 2.45) is 7.05 Å². The SMILES string of the molecule is Cn1nncc1CN1C[C@H](O)C[C@H]1c1ccc(F)c(F)c1. The minimum atomic E-state index is -0.865. The Labute approximate surface area is 120 Å². The first-order chi connectivity index (χ1) is 10.0. The summed E-state index contributed by atoms with van der Waals surface area (Å²) in [5.74, 6) is -1.73. The number of halogens is 2. The van der Waals surface area contributed by atoms with Gasteiger partial charge < -0.3 is 5.11 Å². The molecular weight excluding hydrogens is 278 g/mol. The first-order valence-electron chi connectivity index (χ1n) is 6.75. The summed E-state index contributed by atoms with van der Waals surface area (Å²) < 4.78 is 28.1. The molecule has 0 spiro atoms. The third kappa shape index (κ3) is 2.79. The fourth-order valence-corrected chi connectivity index (χ4v) is 2.78. The third-order valence-electron chi connectivity index (χ3n) is 3.88. The molecule has 21 heavy (non-hydrogen) atoms. The van der Waals surface area contributed by atoms with E-state index in [2.05, 4.69) is 10.3 Å². The largest absolute Gasteiger partial charge is 0.392 e. The Kier molecular flexibility index (Phi) is 3.69. The van der Waals surface area contributed by atoms with Gasteiger partial charge in [0.1, 0.15) is 0 Å². The van der Waals surface area contributed by atoms with Crippen molar-refractivity contribution in [1.29, 1.82) is 0 Å². The van der Waals surface area contributed by atoms with Crippen molar-refractivity contribution >= 4 is 0 Å². The second kappa shape index (κ2) is 5.50. The van der Waals surface area contributed by atoms with E-state index in [0.717, 1.165) is 11.8 Å². The van der Waals surface area contributed by atoms with E-state index < -0.39 is 17.7 Å². The van der Waals surface area contributed by atoms with E-state index in [1.165, 1.54) is 6.07 Å². The van der Waals surface area contributed by atoms with E-state index in [-0.39, 0.29) is 6.04 Å². The molecule has 2 atom stereocenters. The molecule has 2 heterocycles. The molecule has 1 aliphatic heterocycles. The van der Waals surface area contributed by atoms with Crippen LogP contribution in [0.15, 0.2) is 24.4 Å². The van der Waals surface area contributed by atoms with Gasteiger partial charge in [-0.15, -0.1) is 5.10 Å². The molecule has 1 N–H and O–H groups in total. The highest BCUT2D eigenvalue weighted by Gasteiger charge is 2.32. The normalized spacial score (nSPS) is 22.9. The van der Waals surface area contributed by atoms with Crippen molar-refractivity contribution in [1.82, 2.24) is 19.9 Å². The van der Waals surface area contributed by atoms with E-state index in [1.807, 2.05) is 4.90 Å². The molecule has 0 bridgehead atoms. The number of aryl methyl sites for hydroxylation is 1. The van der Waals surface area contributed by atoms with E-state index in [4.69, 9.17) is 0 Å². The first-order valence-corrected chi connectivity index (χ1v) is 6.75. The molecule has 5 nitrogen and oxygen atoms in total. The summed E-state index contributed by atoms with van der Waals surface area (Å²) in [6.07, 6.45) is 1.67. The van der Waals surface area contributed by atoms with Gasteiger partial charge in [0.25, 0.3) is 0 Å². The van der Waals surface area contributed by atoms with Crippen LogP contribution < -0.4 is 0 Å². The highest BCUT2D eigenvalue weighted by Crippen LogP contribution is 2.33. The van der Waals surface area contributed by atoms with Crippen LogP contribution in [0.3, 0.4) is 0 Å². The van der Waals surface area contributed by atoms with Crippen LogP contribution in [0.25, 0.3) is 0 Å². The monoisotopic (exact) mass is 294 g/mol. The number of benzene rings is 1. The van der Waals surface area contributed by atoms with Crippen molar-refractivity contribution < 1.29 is 13.9 Å². The van der Waals surface area contributed by atoms with Gasteiger partial charge in [0, 0.05) is 26.2 Å². The number of β-amino-alcohol motifs (C(OH)–C–C–N with tert-alkyl or cyclic N) is 1. The number of rotatable bonds is 3. The maximum Gasteiger partial charge on any atom is 0.159 e. The second-order valence-electron chi connectivity index (χ2n) is 5.36. The maximum atomic E-state index is 13.4. The fourth-order valence-electron chi connectivity index (χ4n) is 2.78. The lowest BCUT2D eigenvalue weighted by Crippen LogP contribution is -2.25. The Morgan fingerprint density at radius 2 is 2.14 bits per heavy atom. The van der Waals surface area contributed by atoms with Gasteiger partial charge >= 0.3 is 0 Å². The topological polar surface area (TPSA) is 54.2 Å². The van der Waals surface area contributed by atoms with Crippen LogP contribution in [0.1, 0.15) is 23.7 Å². The molecule has 0 radical (unpaired) electrons. The van der Waals surface area contributed by atoms with Crippen molar-refractivity contribution in [2.45, 2.75) is 25.1 Å². The lowest BCUT2D eigenvalue weighted by Gasteiger charge is -2.24. The average Bonchev–Trinajstić information content (AvgIpc) is 3.00. The summed E-state index contributed by atoms with van der Waals surface area (Å²) in [4.78, 5) is 2.02. The van der Waals surface area contributed by atoms with Gasteiger partial charge in [-0.05, 0) is 24.1 Å². The van der Waals surface area contributed by atoms with Crippen LogP contribution in [-0.2, 0) is 13.6 Å². The average molecular weight is 294 g/mol. The zero-order valence-electron chi connectivity index (χ0n) is 11.6. The van der Waals surface area contributed by atoms with Gasteiger partial charge in [0.15, 0.2) is 11.6 Å². The van der Waals surface area contributed by atoms with Crippen molar-refractivity contribution in [3.05, 3.63) is 47.3 Å². The highest BCUT2D eigenvalue weighted by atomic mass is 19.2. The lowest BCUT2D eigenvalue weighted by atomic mass is 10.0. The van der Waals surface area contributed by atoms with Gasteiger partial charge in [-0.25, -0.2) is 8.78 Å². The van der Waals surface area contributed by atoms with Crippen LogP contribution in [0.5, 0.6) is 0 Å². The summed E-state index contributed by atoms with van der Waals surface area (Å²) >= 11 is 0. The minimum absolute atomic E-state index is 0.148. The molecular formula is C14H16F2N4O. The second-order valence-corrected chi connectivity index (χ2v) is 5.36. The predicted octanol–water partition coefficient (Wildman–Crippen LogP) is 1.40. The summed E-state index contributed by atoms with van der Waals surface area (Å²) in [7, 11) is 1.79. The van der Waals surface area contributed by atoms with Gasteiger partial charge in [-0.3, -0.25) is 9.58 Å². The Balaban J connectivity index is 1.85. The molecule has 1 fully saturated rings. The molecule has 2 aromatic rings. The predicted molar refractivity (Wildman–Crippen MR) is 71.1 cm³/mol. The number of hydrogen-bond acceptors (Lipinski definition) is 4. The molecule has 0 aliphatic carbocycles. The van der Waals surface area contributed by atoms with E-state index in [1.54, 1.807) is 24.0 Å². The number of likely N-dealkylation sites (tertiary alicyclic amines) is 1. The Morgan fingerprint density at radius 1 is 1.33 bits per heavy atom. The number of aliphatic hydroxyl groups is 1. The van der Waals surface area contributed by atoms with Gasteiger partial charge in [0.05, 0.1) is 18.0 Å². The summed E-state index contributed by atoms with van der Waals surface area (Å²) in [6.45, 7) is 1.03. The lowest BCUT2D eigenvalue weighted by molar-refractivity contribution is 0.171. The van der Waals surface area contributed by atoms with Crippen molar-refractivity contribution in [2.75, 3.05) is 6.54 Å². The molecule has 1 saturated heterocycles. The van der Waals surface area contributed by atoms with Gasteiger partial charge in [-0.1, -0.05) is 11.3 Å². The maximum absolute atomic E-state index is 13.4. The first kappa shape index (κ1) is 14.1. The molecule has 1 aromatic carbocycles. The molecule has 0 unspecified atom stereocenters. The molecule has 7 heteroatoms. The number of aliphatic hydroxyl groups excluding tert-OH is 1. The van der Waals surface area contributed by atoms with Gasteiger partial charge in [-0.2, -0.15) is 0 Å². The molecule has 112 valence electrons. The number of hydrogen-bond donors (Lipinski definition) is 1. The smallest absolute Gasteiger partial charge is 0.159 e. The molecule has 0 saturated carbocycles. The van der Waals surface area contributed by atoms with Crippen LogP contribution >= 0.6 is 0 Å². The summed E-state index contributed by atoms with van der Waals surface area (Å²) in [6, 6.07) is 3.74. The summed E-state index contributed by atoms with van der Waals surface area (Å²) in [5, 5.41) is 17.6. The van der Waals surface area contributed by atoms with E-state index in [9.17, 15) is 13.9 Å². The minimum Gasteiger partial charge on any atom is -0.392 e. The Bertz CT molecular complexity index is 646. The van der Waals surface area contributed by atoms with Crippen LogP contribution in [-0.4, -0.2) is 37.6 Å². The molecule has 1 aliphatic rings. The van der Waals surface area contributed by atoms with Crippen LogP contribution in [0.4, 0.5) is 8.78 Å².